The molecular weight excluding hydrogens is 252 g/mol. The van der Waals surface area contributed by atoms with Crippen molar-refractivity contribution in [2.75, 3.05) is 5.32 Å². The fourth-order valence-electron chi connectivity index (χ4n) is 2.47. The number of nitrogens with one attached hydrogen (secondary N) is 2. The number of rotatable bonds is 2. The first-order valence-corrected chi connectivity index (χ1v) is 6.65. The zero-order valence-corrected chi connectivity index (χ0v) is 10.9. The third-order valence-corrected chi connectivity index (χ3v) is 3.45. The molecule has 0 unspecified atom stereocenters. The number of nitrogens with zero attached hydrogens (tertiary/aromatic N) is 2. The third-order valence-electron chi connectivity index (χ3n) is 3.45. The molecule has 0 bridgehead atoms. The van der Waals surface area contributed by atoms with Crippen molar-refractivity contribution in [3.63, 3.8) is 0 Å². The van der Waals surface area contributed by atoms with Gasteiger partial charge in [-0.05, 0) is 43.9 Å². The molecule has 0 amide bonds. The summed E-state index contributed by atoms with van der Waals surface area (Å²) in [6.07, 6.45) is 3.79. The number of hydrogen-bond donors (Lipinski definition) is 2. The number of benzene rings is 1. The van der Waals surface area contributed by atoms with Crippen molar-refractivity contribution in [2.45, 2.75) is 25.7 Å². The van der Waals surface area contributed by atoms with Crippen LogP contribution in [0.5, 0.6) is 0 Å². The molecule has 1 heterocycles. The van der Waals surface area contributed by atoms with Gasteiger partial charge in [0.2, 0.25) is 5.95 Å². The summed E-state index contributed by atoms with van der Waals surface area (Å²) in [6, 6.07) is 9.16. The van der Waals surface area contributed by atoms with Crippen LogP contribution < -0.4 is 10.9 Å². The van der Waals surface area contributed by atoms with Crippen LogP contribution in [0.1, 0.15) is 29.7 Å². The number of hydrogen-bond acceptors (Lipinski definition) is 4. The Hall–Kier alpha value is -2.61. The first-order valence-electron chi connectivity index (χ1n) is 6.65. The summed E-state index contributed by atoms with van der Waals surface area (Å²) in [4.78, 5) is 19.2. The van der Waals surface area contributed by atoms with Gasteiger partial charge in [0.25, 0.3) is 5.56 Å². The summed E-state index contributed by atoms with van der Waals surface area (Å²) in [7, 11) is 0. The molecule has 5 nitrogen and oxygen atoms in total. The molecular formula is C15H14N4O. The van der Waals surface area contributed by atoms with Crippen LogP contribution in [0.25, 0.3) is 0 Å². The smallest absolute Gasteiger partial charge is 0.255 e. The molecule has 0 spiro atoms. The summed E-state index contributed by atoms with van der Waals surface area (Å²) < 4.78 is 0. The van der Waals surface area contributed by atoms with Crippen LogP contribution in [-0.2, 0) is 12.8 Å². The molecule has 5 heteroatoms. The SMILES string of the molecule is N#Cc1cccc(Nc2nc3c(c(=O)[nH]2)CCCC3)c1. The van der Waals surface area contributed by atoms with Crippen molar-refractivity contribution >= 4 is 11.6 Å². The molecule has 1 aliphatic carbocycles. The maximum Gasteiger partial charge on any atom is 0.255 e. The normalized spacial score (nSPS) is 13.3. The maximum atomic E-state index is 12.0. The molecule has 20 heavy (non-hydrogen) atoms. The highest BCUT2D eigenvalue weighted by atomic mass is 16.1. The van der Waals surface area contributed by atoms with Crippen LogP contribution in [0.3, 0.4) is 0 Å². The molecule has 1 aliphatic rings. The molecule has 100 valence electrons. The second-order valence-corrected chi connectivity index (χ2v) is 4.86. The average Bonchev–Trinajstić information content (AvgIpc) is 2.47. The quantitative estimate of drug-likeness (QED) is 0.873. The predicted molar refractivity (Wildman–Crippen MR) is 75.9 cm³/mol. The predicted octanol–water partition coefficient (Wildman–Crippen LogP) is 2.26. The van der Waals surface area contributed by atoms with Crippen LogP contribution >= 0.6 is 0 Å². The van der Waals surface area contributed by atoms with E-state index < -0.39 is 0 Å². The van der Waals surface area contributed by atoms with E-state index in [1.165, 1.54) is 0 Å². The van der Waals surface area contributed by atoms with Gasteiger partial charge in [-0.2, -0.15) is 5.26 Å². The van der Waals surface area contributed by atoms with Gasteiger partial charge >= 0.3 is 0 Å². The van der Waals surface area contributed by atoms with Crippen molar-refractivity contribution in [2.24, 2.45) is 0 Å². The van der Waals surface area contributed by atoms with Crippen LogP contribution in [-0.4, -0.2) is 9.97 Å². The summed E-state index contributed by atoms with van der Waals surface area (Å²) in [6.45, 7) is 0. The zero-order chi connectivity index (χ0) is 13.9. The lowest BCUT2D eigenvalue weighted by Crippen LogP contribution is -2.22. The van der Waals surface area contributed by atoms with Gasteiger partial charge in [0.1, 0.15) is 0 Å². The lowest BCUT2D eigenvalue weighted by molar-refractivity contribution is 0.658. The van der Waals surface area contributed by atoms with Gasteiger partial charge in [-0.1, -0.05) is 6.07 Å². The van der Waals surface area contributed by atoms with Gasteiger partial charge < -0.3 is 5.32 Å². The molecule has 2 aromatic rings. The van der Waals surface area contributed by atoms with E-state index in [4.69, 9.17) is 5.26 Å². The molecule has 0 radical (unpaired) electrons. The summed E-state index contributed by atoms with van der Waals surface area (Å²) in [5, 5.41) is 11.9. The van der Waals surface area contributed by atoms with Crippen LogP contribution in [0.2, 0.25) is 0 Å². The van der Waals surface area contributed by atoms with Gasteiger partial charge in [-0.15, -0.1) is 0 Å². The first-order chi connectivity index (χ1) is 9.76. The van der Waals surface area contributed by atoms with E-state index in [-0.39, 0.29) is 5.56 Å². The number of aromatic amines is 1. The number of aryl methyl sites for hydroxylation is 1. The van der Waals surface area contributed by atoms with E-state index in [1.54, 1.807) is 18.2 Å². The highest BCUT2D eigenvalue weighted by Crippen LogP contribution is 2.19. The van der Waals surface area contributed by atoms with E-state index in [0.29, 0.717) is 11.5 Å². The van der Waals surface area contributed by atoms with Gasteiger partial charge in [-0.25, -0.2) is 4.98 Å². The molecule has 0 aliphatic heterocycles. The van der Waals surface area contributed by atoms with Crippen molar-refractivity contribution in [3.05, 3.63) is 51.4 Å². The Labute approximate surface area is 116 Å². The Morgan fingerprint density at radius 2 is 2.15 bits per heavy atom. The highest BCUT2D eigenvalue weighted by Gasteiger charge is 2.15. The van der Waals surface area contributed by atoms with Gasteiger partial charge in [0, 0.05) is 11.3 Å². The number of fused-ring (bicyclic) bond motifs is 1. The van der Waals surface area contributed by atoms with Crippen molar-refractivity contribution < 1.29 is 0 Å². The number of H-pyrrole nitrogens is 1. The molecule has 3 rings (SSSR count). The lowest BCUT2D eigenvalue weighted by Gasteiger charge is -2.15. The van der Waals surface area contributed by atoms with E-state index in [1.807, 2.05) is 6.07 Å². The summed E-state index contributed by atoms with van der Waals surface area (Å²) in [5.74, 6) is 0.436. The number of nitriles is 1. The topological polar surface area (TPSA) is 81.6 Å². The third kappa shape index (κ3) is 2.41. The first kappa shape index (κ1) is 12.4. The molecule has 1 aromatic heterocycles. The fraction of sp³-hybridized carbons (Fsp3) is 0.267. The minimum absolute atomic E-state index is 0.0614. The molecule has 0 atom stereocenters. The van der Waals surface area contributed by atoms with E-state index in [2.05, 4.69) is 21.4 Å². The molecule has 0 saturated carbocycles. The average molecular weight is 266 g/mol. The van der Waals surface area contributed by atoms with Crippen LogP contribution in [0.15, 0.2) is 29.1 Å². The molecule has 0 fully saturated rings. The molecule has 1 aromatic carbocycles. The highest BCUT2D eigenvalue weighted by molar-refractivity contribution is 5.56. The Morgan fingerprint density at radius 3 is 3.00 bits per heavy atom. The largest absolute Gasteiger partial charge is 0.326 e. The van der Waals surface area contributed by atoms with Crippen LogP contribution in [0.4, 0.5) is 11.6 Å². The number of anilines is 2. The Kier molecular flexibility index (Phi) is 3.21. The monoisotopic (exact) mass is 266 g/mol. The van der Waals surface area contributed by atoms with E-state index in [0.717, 1.165) is 42.6 Å². The van der Waals surface area contributed by atoms with Crippen LogP contribution in [0, 0.1) is 11.3 Å². The minimum Gasteiger partial charge on any atom is -0.326 e. The van der Waals surface area contributed by atoms with Crippen molar-refractivity contribution in [1.29, 1.82) is 5.26 Å². The standard InChI is InChI=1S/C15H14N4O/c16-9-10-4-3-5-11(8-10)17-15-18-13-7-2-1-6-12(13)14(20)19-15/h3-5,8H,1-2,6-7H2,(H2,17,18,19,20). The van der Waals surface area contributed by atoms with E-state index in [9.17, 15) is 4.79 Å². The summed E-state index contributed by atoms with van der Waals surface area (Å²) >= 11 is 0. The zero-order valence-electron chi connectivity index (χ0n) is 10.9. The van der Waals surface area contributed by atoms with E-state index >= 15 is 0 Å². The Balaban J connectivity index is 1.93. The molecule has 0 saturated heterocycles. The second kappa shape index (κ2) is 5.17. The second-order valence-electron chi connectivity index (χ2n) is 4.86. The Bertz CT molecular complexity index is 742. The Morgan fingerprint density at radius 1 is 1.30 bits per heavy atom. The van der Waals surface area contributed by atoms with Gasteiger partial charge in [-0.3, -0.25) is 9.78 Å². The lowest BCUT2D eigenvalue weighted by atomic mass is 9.97. The fourth-order valence-corrected chi connectivity index (χ4v) is 2.47. The maximum absolute atomic E-state index is 12.0. The van der Waals surface area contributed by atoms with Gasteiger partial charge in [0.05, 0.1) is 17.3 Å². The molecule has 2 N–H and O–H groups in total. The summed E-state index contributed by atoms with van der Waals surface area (Å²) in [5.41, 5.74) is 2.94. The van der Waals surface area contributed by atoms with Crippen molar-refractivity contribution in [1.82, 2.24) is 9.97 Å². The van der Waals surface area contributed by atoms with Crippen molar-refractivity contribution in [3.8, 4) is 6.07 Å². The number of aromatic nitrogens is 2. The minimum atomic E-state index is -0.0614. The van der Waals surface area contributed by atoms with Gasteiger partial charge in [0.15, 0.2) is 0 Å².